The molecule has 4 N–H and O–H groups in total. The molecule has 0 spiro atoms. The first kappa shape index (κ1) is 5.56. The summed E-state index contributed by atoms with van der Waals surface area (Å²) >= 11 is 0. The molecule has 0 aromatic rings. The molecule has 0 aromatic heterocycles. The maximum Gasteiger partial charge on any atom is 0.111 e. The minimum absolute atomic E-state index is 0.0312. The first-order valence-electron chi connectivity index (χ1n) is 2.86. The lowest BCUT2D eigenvalue weighted by atomic mass is 10.1. The number of hydrogen-bond donors (Lipinski definition) is 2. The van der Waals surface area contributed by atoms with E-state index in [1.165, 1.54) is 0 Å². The summed E-state index contributed by atoms with van der Waals surface area (Å²) in [5.74, 6) is 0.622. The van der Waals surface area contributed by atoms with Gasteiger partial charge in [-0.15, -0.1) is 0 Å². The van der Waals surface area contributed by atoms with Crippen LogP contribution in [-0.4, -0.2) is 18.4 Å². The van der Waals surface area contributed by atoms with Gasteiger partial charge in [0.1, 0.15) is 5.84 Å². The topological polar surface area (TPSA) is 64.4 Å². The zero-order valence-electron chi connectivity index (χ0n) is 4.80. The maximum absolute atomic E-state index is 5.52. The minimum Gasteiger partial charge on any atom is -0.386 e. The molecule has 46 valence electrons. The summed E-state index contributed by atoms with van der Waals surface area (Å²) in [5.41, 5.74) is 10.9. The van der Waals surface area contributed by atoms with Gasteiger partial charge in [-0.3, -0.25) is 4.99 Å². The summed E-state index contributed by atoms with van der Waals surface area (Å²) in [6, 6.07) is 0.0312. The third-order valence-corrected chi connectivity index (χ3v) is 1.35. The van der Waals surface area contributed by atoms with E-state index in [2.05, 4.69) is 4.99 Å². The van der Waals surface area contributed by atoms with Crippen molar-refractivity contribution in [3.8, 4) is 0 Å². The first-order chi connectivity index (χ1) is 3.80. The van der Waals surface area contributed by atoms with Gasteiger partial charge in [0, 0.05) is 6.54 Å². The van der Waals surface area contributed by atoms with E-state index in [4.69, 9.17) is 11.5 Å². The molecule has 1 aliphatic rings. The largest absolute Gasteiger partial charge is 0.386 e. The van der Waals surface area contributed by atoms with E-state index in [0.29, 0.717) is 5.84 Å². The Labute approximate surface area is 48.8 Å². The third kappa shape index (κ3) is 0.980. The summed E-state index contributed by atoms with van der Waals surface area (Å²) in [6.45, 7) is 0.861. The second kappa shape index (κ2) is 2.13. The van der Waals surface area contributed by atoms with Gasteiger partial charge in [0.05, 0.1) is 6.04 Å². The van der Waals surface area contributed by atoms with E-state index >= 15 is 0 Å². The van der Waals surface area contributed by atoms with Crippen LogP contribution in [0.15, 0.2) is 4.99 Å². The predicted molar refractivity (Wildman–Crippen MR) is 33.7 cm³/mol. The second-order valence-corrected chi connectivity index (χ2v) is 2.06. The van der Waals surface area contributed by atoms with Crippen molar-refractivity contribution in [2.45, 2.75) is 18.9 Å². The smallest absolute Gasteiger partial charge is 0.111 e. The van der Waals surface area contributed by atoms with Crippen LogP contribution in [0.1, 0.15) is 12.8 Å². The Morgan fingerprint density at radius 3 is 2.75 bits per heavy atom. The van der Waals surface area contributed by atoms with Gasteiger partial charge < -0.3 is 11.5 Å². The van der Waals surface area contributed by atoms with E-state index in [-0.39, 0.29) is 6.04 Å². The molecule has 1 heterocycles. The molecule has 0 radical (unpaired) electrons. The van der Waals surface area contributed by atoms with Crippen LogP contribution in [0.3, 0.4) is 0 Å². The first-order valence-corrected chi connectivity index (χ1v) is 2.86. The van der Waals surface area contributed by atoms with Gasteiger partial charge >= 0.3 is 0 Å². The van der Waals surface area contributed by atoms with E-state index in [9.17, 15) is 0 Å². The Hall–Kier alpha value is -0.570. The molecule has 0 aliphatic carbocycles. The average Bonchev–Trinajstić information content (AvgIpc) is 1.77. The average molecular weight is 113 g/mol. The zero-order valence-corrected chi connectivity index (χ0v) is 4.80. The molecule has 1 atom stereocenters. The monoisotopic (exact) mass is 113 g/mol. The van der Waals surface area contributed by atoms with Gasteiger partial charge in [0.15, 0.2) is 0 Å². The van der Waals surface area contributed by atoms with Gasteiger partial charge in [0.2, 0.25) is 0 Å². The molecule has 0 saturated carbocycles. The van der Waals surface area contributed by atoms with E-state index < -0.39 is 0 Å². The molecule has 0 aromatic carbocycles. The Bertz CT molecular complexity index is 108. The molecule has 1 aliphatic heterocycles. The van der Waals surface area contributed by atoms with Crippen molar-refractivity contribution in [1.29, 1.82) is 0 Å². The van der Waals surface area contributed by atoms with Crippen LogP contribution in [0.2, 0.25) is 0 Å². The molecule has 0 fully saturated rings. The molecule has 0 bridgehead atoms. The van der Waals surface area contributed by atoms with Crippen molar-refractivity contribution in [1.82, 2.24) is 0 Å². The van der Waals surface area contributed by atoms with Crippen LogP contribution in [0, 0.1) is 0 Å². The van der Waals surface area contributed by atoms with Crippen LogP contribution in [0.25, 0.3) is 0 Å². The standard InChI is InChI=1S/C5H11N3/c6-4-2-1-3-8-5(4)7/h4H,1-3,6H2,(H2,7,8). The molecule has 0 amide bonds. The van der Waals surface area contributed by atoms with Gasteiger partial charge in [-0.05, 0) is 12.8 Å². The summed E-state index contributed by atoms with van der Waals surface area (Å²) in [7, 11) is 0. The van der Waals surface area contributed by atoms with Gasteiger partial charge in [-0.2, -0.15) is 0 Å². The SMILES string of the molecule is NC1=NCCCC1N. The highest BCUT2D eigenvalue weighted by molar-refractivity contribution is 5.85. The fourth-order valence-electron chi connectivity index (χ4n) is 0.784. The Morgan fingerprint density at radius 1 is 1.62 bits per heavy atom. The van der Waals surface area contributed by atoms with E-state index in [1.807, 2.05) is 0 Å². The van der Waals surface area contributed by atoms with Crippen molar-refractivity contribution < 1.29 is 0 Å². The van der Waals surface area contributed by atoms with Gasteiger partial charge in [-0.25, -0.2) is 0 Å². The predicted octanol–water partition coefficient (Wildman–Crippen LogP) is -0.535. The van der Waals surface area contributed by atoms with Crippen LogP contribution in [-0.2, 0) is 0 Å². The summed E-state index contributed by atoms with van der Waals surface area (Å²) < 4.78 is 0. The van der Waals surface area contributed by atoms with Crippen molar-refractivity contribution in [3.05, 3.63) is 0 Å². The number of hydrogen-bond acceptors (Lipinski definition) is 3. The normalized spacial score (nSPS) is 29.6. The number of nitrogens with zero attached hydrogens (tertiary/aromatic N) is 1. The van der Waals surface area contributed by atoms with Crippen molar-refractivity contribution in [2.24, 2.45) is 16.5 Å². The lowest BCUT2D eigenvalue weighted by Gasteiger charge is -2.14. The van der Waals surface area contributed by atoms with Gasteiger partial charge in [0.25, 0.3) is 0 Å². The highest BCUT2D eigenvalue weighted by Gasteiger charge is 2.09. The number of rotatable bonds is 0. The molecule has 3 heteroatoms. The highest BCUT2D eigenvalue weighted by Crippen LogP contribution is 2.00. The third-order valence-electron chi connectivity index (χ3n) is 1.35. The quantitative estimate of drug-likeness (QED) is 0.443. The Morgan fingerprint density at radius 2 is 2.38 bits per heavy atom. The van der Waals surface area contributed by atoms with Crippen LogP contribution >= 0.6 is 0 Å². The van der Waals surface area contributed by atoms with Crippen molar-refractivity contribution >= 4 is 5.84 Å². The zero-order chi connectivity index (χ0) is 5.98. The van der Waals surface area contributed by atoms with Gasteiger partial charge in [-0.1, -0.05) is 0 Å². The number of aliphatic imine (C=N–C) groups is 1. The van der Waals surface area contributed by atoms with Crippen LogP contribution in [0.4, 0.5) is 0 Å². The molecular formula is C5H11N3. The molecule has 8 heavy (non-hydrogen) atoms. The minimum atomic E-state index is 0.0312. The van der Waals surface area contributed by atoms with E-state index in [1.54, 1.807) is 0 Å². The summed E-state index contributed by atoms with van der Waals surface area (Å²) in [4.78, 5) is 3.98. The molecule has 1 rings (SSSR count). The lowest BCUT2D eigenvalue weighted by Crippen LogP contribution is -2.39. The van der Waals surface area contributed by atoms with Crippen LogP contribution < -0.4 is 11.5 Å². The van der Waals surface area contributed by atoms with Crippen LogP contribution in [0.5, 0.6) is 0 Å². The Kier molecular flexibility index (Phi) is 1.48. The van der Waals surface area contributed by atoms with Crippen molar-refractivity contribution in [3.63, 3.8) is 0 Å². The molecular weight excluding hydrogens is 102 g/mol. The highest BCUT2D eigenvalue weighted by atomic mass is 14.9. The summed E-state index contributed by atoms with van der Waals surface area (Å²) in [6.07, 6.45) is 2.08. The lowest BCUT2D eigenvalue weighted by molar-refractivity contribution is 0.658. The van der Waals surface area contributed by atoms with E-state index in [0.717, 1.165) is 19.4 Å². The molecule has 0 saturated heterocycles. The molecule has 3 nitrogen and oxygen atoms in total. The number of amidine groups is 1. The fraction of sp³-hybridized carbons (Fsp3) is 0.800. The number of nitrogens with two attached hydrogens (primary N) is 2. The fourth-order valence-corrected chi connectivity index (χ4v) is 0.784. The Balaban J connectivity index is 2.53. The summed E-state index contributed by atoms with van der Waals surface area (Å²) in [5, 5.41) is 0. The maximum atomic E-state index is 5.52. The second-order valence-electron chi connectivity index (χ2n) is 2.06. The molecule has 1 unspecified atom stereocenters. The van der Waals surface area contributed by atoms with Crippen molar-refractivity contribution in [2.75, 3.05) is 6.54 Å².